The first-order valence-corrected chi connectivity index (χ1v) is 10.8. The summed E-state index contributed by atoms with van der Waals surface area (Å²) in [7, 11) is -3.31. The minimum atomic E-state index is -3.31. The van der Waals surface area contributed by atoms with E-state index < -0.39 is 10.0 Å². The van der Waals surface area contributed by atoms with Crippen LogP contribution in [-0.2, 0) is 16.4 Å². The van der Waals surface area contributed by atoms with Crippen LogP contribution >= 0.6 is 0 Å². The quantitative estimate of drug-likeness (QED) is 0.643. The third kappa shape index (κ3) is 4.77. The average molecular weight is 384 g/mol. The summed E-state index contributed by atoms with van der Waals surface area (Å²) in [6, 6.07) is 13.9. The van der Waals surface area contributed by atoms with Gasteiger partial charge in [-0.25, -0.2) is 13.4 Å². The Balaban J connectivity index is 1.90. The van der Waals surface area contributed by atoms with E-state index in [0.717, 1.165) is 24.1 Å². The molecule has 0 aliphatic heterocycles. The van der Waals surface area contributed by atoms with Crippen LogP contribution in [-0.4, -0.2) is 24.6 Å². The van der Waals surface area contributed by atoms with E-state index in [1.54, 1.807) is 12.4 Å². The zero-order valence-corrected chi connectivity index (χ0v) is 16.7. The van der Waals surface area contributed by atoms with Crippen LogP contribution in [0.3, 0.4) is 0 Å². The van der Waals surface area contributed by atoms with Gasteiger partial charge in [0.2, 0.25) is 10.0 Å². The number of para-hydroxylation sites is 1. The molecule has 0 fully saturated rings. The van der Waals surface area contributed by atoms with Crippen molar-refractivity contribution < 1.29 is 8.42 Å². The molecule has 0 bridgehead atoms. The summed E-state index contributed by atoms with van der Waals surface area (Å²) in [5.41, 5.74) is 6.50. The summed E-state index contributed by atoms with van der Waals surface area (Å²) < 4.78 is 25.9. The Morgan fingerprint density at radius 3 is 2.59 bits per heavy atom. The number of sulfonamides is 1. The van der Waals surface area contributed by atoms with Gasteiger partial charge in [0, 0.05) is 17.8 Å². The minimum absolute atomic E-state index is 0.165. The number of nitrogens with one attached hydrogen (secondary N) is 2. The van der Waals surface area contributed by atoms with E-state index in [1.807, 2.05) is 24.4 Å². The number of H-pyrrole nitrogens is 1. The first kappa shape index (κ1) is 19.2. The van der Waals surface area contributed by atoms with Gasteiger partial charge < -0.3 is 4.98 Å². The summed E-state index contributed by atoms with van der Waals surface area (Å²) in [6.45, 7) is 4.27. The Labute approximate surface area is 160 Å². The van der Waals surface area contributed by atoms with Crippen molar-refractivity contribution in [2.75, 3.05) is 11.0 Å². The highest BCUT2D eigenvalue weighted by Gasteiger charge is 2.19. The molecule has 3 aromatic rings. The van der Waals surface area contributed by atoms with Crippen molar-refractivity contribution in [1.82, 2.24) is 9.97 Å². The number of aromatic amines is 1. The summed E-state index contributed by atoms with van der Waals surface area (Å²) in [6.07, 6.45) is 6.33. The SMILES string of the molecule is Cc1cccc(C(CCc2ccccc2NS(C)(=O)=O)c2cnc[nH]2)c1C. The lowest BCUT2D eigenvalue weighted by Gasteiger charge is -2.20. The predicted molar refractivity (Wildman–Crippen MR) is 110 cm³/mol. The number of aromatic nitrogens is 2. The topological polar surface area (TPSA) is 74.8 Å². The fourth-order valence-electron chi connectivity index (χ4n) is 3.42. The monoisotopic (exact) mass is 383 g/mol. The molecule has 1 aromatic heterocycles. The van der Waals surface area contributed by atoms with E-state index in [4.69, 9.17) is 0 Å². The fourth-order valence-corrected chi connectivity index (χ4v) is 4.02. The molecule has 5 nitrogen and oxygen atoms in total. The zero-order valence-electron chi connectivity index (χ0n) is 15.9. The molecule has 1 heterocycles. The summed E-state index contributed by atoms with van der Waals surface area (Å²) >= 11 is 0. The molecule has 2 N–H and O–H groups in total. The van der Waals surface area contributed by atoms with E-state index in [2.05, 4.69) is 46.7 Å². The van der Waals surface area contributed by atoms with Gasteiger partial charge in [0.05, 0.1) is 18.3 Å². The molecule has 0 spiro atoms. The number of benzene rings is 2. The number of hydrogen-bond donors (Lipinski definition) is 2. The Morgan fingerprint density at radius 1 is 1.11 bits per heavy atom. The second kappa shape index (κ2) is 7.96. The molecule has 1 atom stereocenters. The van der Waals surface area contributed by atoms with Gasteiger partial charge >= 0.3 is 0 Å². The van der Waals surface area contributed by atoms with E-state index >= 15 is 0 Å². The number of imidazole rings is 1. The van der Waals surface area contributed by atoms with Crippen molar-refractivity contribution >= 4 is 15.7 Å². The molecule has 0 saturated carbocycles. The largest absolute Gasteiger partial charge is 0.348 e. The zero-order chi connectivity index (χ0) is 19.4. The molecule has 2 aromatic carbocycles. The van der Waals surface area contributed by atoms with E-state index in [-0.39, 0.29) is 5.92 Å². The van der Waals surface area contributed by atoms with Crippen molar-refractivity contribution in [2.24, 2.45) is 0 Å². The van der Waals surface area contributed by atoms with Gasteiger partial charge in [0.1, 0.15) is 0 Å². The molecule has 6 heteroatoms. The van der Waals surface area contributed by atoms with Gasteiger partial charge in [-0.05, 0) is 55.0 Å². The second-order valence-electron chi connectivity index (χ2n) is 6.92. The van der Waals surface area contributed by atoms with Crippen LogP contribution in [0.5, 0.6) is 0 Å². The lowest BCUT2D eigenvalue weighted by atomic mass is 9.86. The lowest BCUT2D eigenvalue weighted by Crippen LogP contribution is -2.12. The lowest BCUT2D eigenvalue weighted by molar-refractivity contribution is 0.606. The highest BCUT2D eigenvalue weighted by atomic mass is 32.2. The van der Waals surface area contributed by atoms with Gasteiger partial charge in [0.15, 0.2) is 0 Å². The van der Waals surface area contributed by atoms with E-state index in [0.29, 0.717) is 5.69 Å². The van der Waals surface area contributed by atoms with Gasteiger partial charge in [-0.15, -0.1) is 0 Å². The number of anilines is 1. The first-order valence-electron chi connectivity index (χ1n) is 8.95. The van der Waals surface area contributed by atoms with Crippen molar-refractivity contribution in [2.45, 2.75) is 32.6 Å². The molecule has 0 saturated heterocycles. The Bertz CT molecular complexity index is 1010. The molecule has 142 valence electrons. The van der Waals surface area contributed by atoms with Crippen LogP contribution in [0.1, 0.15) is 40.3 Å². The molecule has 0 aliphatic carbocycles. The maximum atomic E-state index is 11.7. The Morgan fingerprint density at radius 2 is 1.89 bits per heavy atom. The highest BCUT2D eigenvalue weighted by molar-refractivity contribution is 7.92. The number of nitrogens with zero attached hydrogens (tertiary/aromatic N) is 1. The van der Waals surface area contributed by atoms with E-state index in [9.17, 15) is 8.42 Å². The number of rotatable bonds is 7. The average Bonchev–Trinajstić information content (AvgIpc) is 3.13. The van der Waals surface area contributed by atoms with Crippen LogP contribution in [0.25, 0.3) is 0 Å². The summed E-state index contributed by atoms with van der Waals surface area (Å²) in [5, 5.41) is 0. The molecule has 3 rings (SSSR count). The van der Waals surface area contributed by atoms with Gasteiger partial charge in [-0.1, -0.05) is 36.4 Å². The number of aryl methyl sites for hydroxylation is 2. The van der Waals surface area contributed by atoms with Gasteiger partial charge in [-0.2, -0.15) is 0 Å². The van der Waals surface area contributed by atoms with Crippen molar-refractivity contribution in [1.29, 1.82) is 0 Å². The molecule has 0 amide bonds. The summed E-state index contributed by atoms with van der Waals surface area (Å²) in [5.74, 6) is 0.165. The van der Waals surface area contributed by atoms with Crippen LogP contribution in [0.4, 0.5) is 5.69 Å². The van der Waals surface area contributed by atoms with Crippen molar-refractivity contribution in [3.8, 4) is 0 Å². The molecule has 27 heavy (non-hydrogen) atoms. The predicted octanol–water partition coefficient (Wildman–Crippen LogP) is 4.16. The molecule has 0 radical (unpaired) electrons. The third-order valence-electron chi connectivity index (χ3n) is 4.93. The second-order valence-corrected chi connectivity index (χ2v) is 8.67. The third-order valence-corrected chi connectivity index (χ3v) is 5.52. The van der Waals surface area contributed by atoms with Gasteiger partial charge in [-0.3, -0.25) is 4.72 Å². The van der Waals surface area contributed by atoms with Gasteiger partial charge in [0.25, 0.3) is 0 Å². The van der Waals surface area contributed by atoms with Crippen LogP contribution in [0.2, 0.25) is 0 Å². The van der Waals surface area contributed by atoms with Crippen LogP contribution < -0.4 is 4.72 Å². The van der Waals surface area contributed by atoms with Crippen LogP contribution in [0.15, 0.2) is 55.0 Å². The van der Waals surface area contributed by atoms with Crippen LogP contribution in [0, 0.1) is 13.8 Å². The minimum Gasteiger partial charge on any atom is -0.348 e. The molecule has 1 unspecified atom stereocenters. The van der Waals surface area contributed by atoms with Crippen molar-refractivity contribution in [3.05, 3.63) is 82.9 Å². The first-order chi connectivity index (χ1) is 12.8. The van der Waals surface area contributed by atoms with Crippen molar-refractivity contribution in [3.63, 3.8) is 0 Å². The fraction of sp³-hybridized carbons (Fsp3) is 0.286. The normalized spacial score (nSPS) is 12.7. The molecule has 0 aliphatic rings. The maximum Gasteiger partial charge on any atom is 0.229 e. The standard InChI is InChI=1S/C21H25N3O2S/c1-15-7-6-9-18(16(15)2)19(21-13-22-14-23-21)12-11-17-8-4-5-10-20(17)24-27(3,25)26/h4-10,13-14,19,24H,11-12H2,1-3H3,(H,22,23). The Kier molecular flexibility index (Phi) is 5.65. The highest BCUT2D eigenvalue weighted by Crippen LogP contribution is 2.32. The molecular weight excluding hydrogens is 358 g/mol. The number of hydrogen-bond acceptors (Lipinski definition) is 3. The Hall–Kier alpha value is -2.60. The smallest absolute Gasteiger partial charge is 0.229 e. The maximum absolute atomic E-state index is 11.7. The summed E-state index contributed by atoms with van der Waals surface area (Å²) in [4.78, 5) is 7.44. The van der Waals surface area contributed by atoms with E-state index in [1.165, 1.54) is 22.9 Å². The molecular formula is C21H25N3O2S.